The van der Waals surface area contributed by atoms with Gasteiger partial charge < -0.3 is 28.6 Å². The van der Waals surface area contributed by atoms with Gasteiger partial charge in [-0.3, -0.25) is 9.59 Å². The van der Waals surface area contributed by atoms with E-state index in [4.69, 9.17) is 18.6 Å². The lowest BCUT2D eigenvalue weighted by atomic mass is 9.93. The maximum Gasteiger partial charge on any atom is 0.240 e. The summed E-state index contributed by atoms with van der Waals surface area (Å²) in [7, 11) is 4.45. The first-order valence-electron chi connectivity index (χ1n) is 11.5. The molecular formula is C28H24N2O7. The van der Waals surface area contributed by atoms with Gasteiger partial charge in [-0.25, -0.2) is 4.98 Å². The Kier molecular flexibility index (Phi) is 6.27. The normalized spacial score (nSPS) is 15.4. The highest BCUT2D eigenvalue weighted by Gasteiger charge is 2.42. The predicted octanol–water partition coefficient (Wildman–Crippen LogP) is 2.85. The number of fused-ring (bicyclic) bond motifs is 1. The molecular weight excluding hydrogens is 476 g/mol. The zero-order chi connectivity index (χ0) is 26.1. The Morgan fingerprint density at radius 2 is 1.78 bits per heavy atom. The molecule has 2 aromatic carbocycles. The maximum absolute atomic E-state index is 13.9. The fourth-order valence-corrected chi connectivity index (χ4v) is 4.65. The molecule has 0 saturated carbocycles. The SMILES string of the molecule is COc1cccc(C2C(C(=O)c3cc4cccc(OC)c4o3)=C([O-])C(=O)N2Cc2ccc[nH+]c2)c1OC. The molecule has 0 spiro atoms. The van der Waals surface area contributed by atoms with E-state index in [2.05, 4.69) is 4.98 Å². The molecule has 37 heavy (non-hydrogen) atoms. The van der Waals surface area contributed by atoms with Gasteiger partial charge in [-0.15, -0.1) is 0 Å². The monoisotopic (exact) mass is 500 g/mol. The lowest BCUT2D eigenvalue weighted by Crippen LogP contribution is -2.32. The van der Waals surface area contributed by atoms with E-state index in [1.807, 2.05) is 6.07 Å². The number of aromatic nitrogens is 1. The van der Waals surface area contributed by atoms with E-state index >= 15 is 0 Å². The number of carbonyl (C=O) groups is 2. The van der Waals surface area contributed by atoms with E-state index in [0.717, 1.165) is 5.56 Å². The van der Waals surface area contributed by atoms with Crippen molar-refractivity contribution >= 4 is 22.7 Å². The number of nitrogens with zero attached hydrogens (tertiary/aromatic N) is 1. The predicted molar refractivity (Wildman–Crippen MR) is 130 cm³/mol. The van der Waals surface area contributed by atoms with Crippen molar-refractivity contribution in [1.29, 1.82) is 0 Å². The number of methoxy groups -OCH3 is 3. The van der Waals surface area contributed by atoms with Crippen LogP contribution in [-0.2, 0) is 11.3 Å². The van der Waals surface area contributed by atoms with Crippen molar-refractivity contribution in [3.8, 4) is 17.2 Å². The average Bonchev–Trinajstić information content (AvgIpc) is 3.48. The molecule has 0 fully saturated rings. The number of furan rings is 1. The number of aromatic amines is 1. The van der Waals surface area contributed by atoms with Gasteiger partial charge in [-0.1, -0.05) is 24.3 Å². The number of carbonyl (C=O) groups excluding carboxylic acids is 2. The summed E-state index contributed by atoms with van der Waals surface area (Å²) in [5.41, 5.74) is 1.34. The Balaban J connectivity index is 1.67. The van der Waals surface area contributed by atoms with Crippen LogP contribution in [0, 0.1) is 0 Å². The van der Waals surface area contributed by atoms with E-state index in [9.17, 15) is 14.7 Å². The molecule has 1 aliphatic rings. The van der Waals surface area contributed by atoms with Crippen LogP contribution < -0.4 is 24.3 Å². The quantitative estimate of drug-likeness (QED) is 0.342. The molecule has 1 N–H and O–H groups in total. The molecule has 9 heteroatoms. The van der Waals surface area contributed by atoms with Gasteiger partial charge in [0.1, 0.15) is 0 Å². The molecule has 1 unspecified atom stereocenters. The van der Waals surface area contributed by atoms with Crippen molar-refractivity contribution < 1.29 is 38.3 Å². The van der Waals surface area contributed by atoms with Crippen LogP contribution in [0.3, 0.4) is 0 Å². The van der Waals surface area contributed by atoms with Gasteiger partial charge in [-0.2, -0.15) is 0 Å². The summed E-state index contributed by atoms with van der Waals surface area (Å²) >= 11 is 0. The summed E-state index contributed by atoms with van der Waals surface area (Å²) in [6.07, 6.45) is 3.46. The van der Waals surface area contributed by atoms with Crippen LogP contribution in [0.2, 0.25) is 0 Å². The van der Waals surface area contributed by atoms with Crippen molar-refractivity contribution in [2.45, 2.75) is 12.6 Å². The summed E-state index contributed by atoms with van der Waals surface area (Å²) in [4.78, 5) is 31.5. The maximum atomic E-state index is 13.9. The van der Waals surface area contributed by atoms with Gasteiger partial charge in [0, 0.05) is 28.2 Å². The molecule has 1 atom stereocenters. The third-order valence-corrected chi connectivity index (χ3v) is 6.33. The van der Waals surface area contributed by atoms with Gasteiger partial charge in [-0.05, 0) is 30.0 Å². The summed E-state index contributed by atoms with van der Waals surface area (Å²) in [5.74, 6) is -1.28. The Labute approximate surface area is 212 Å². The second kappa shape index (κ2) is 9.69. The molecule has 1 aliphatic heterocycles. The van der Waals surface area contributed by atoms with Gasteiger partial charge in [0.2, 0.25) is 11.7 Å². The zero-order valence-corrected chi connectivity index (χ0v) is 20.4. The topological polar surface area (TPSA) is 115 Å². The van der Waals surface area contributed by atoms with Crippen molar-refractivity contribution in [2.75, 3.05) is 21.3 Å². The fourth-order valence-electron chi connectivity index (χ4n) is 4.65. The molecule has 4 aromatic rings. The first-order chi connectivity index (χ1) is 18.0. The minimum Gasteiger partial charge on any atom is -0.868 e. The second-order valence-electron chi connectivity index (χ2n) is 8.39. The number of benzene rings is 2. The summed E-state index contributed by atoms with van der Waals surface area (Å²) in [6, 6.07) is 14.5. The van der Waals surface area contributed by atoms with Gasteiger partial charge >= 0.3 is 0 Å². The van der Waals surface area contributed by atoms with Crippen LogP contribution in [-0.4, -0.2) is 37.9 Å². The number of rotatable bonds is 8. The number of ketones is 1. The van der Waals surface area contributed by atoms with Crippen LogP contribution in [0.1, 0.15) is 27.7 Å². The molecule has 9 nitrogen and oxygen atoms in total. The van der Waals surface area contributed by atoms with Gasteiger partial charge in [0.15, 0.2) is 41.0 Å². The van der Waals surface area contributed by atoms with Crippen molar-refractivity contribution in [3.05, 3.63) is 95.2 Å². The molecule has 0 saturated heterocycles. The van der Waals surface area contributed by atoms with E-state index in [0.29, 0.717) is 33.8 Å². The standard InChI is InChI=1S/C28H24N2O7/c1-34-19-10-4-8-17-13-21(37-26(17)19)24(31)22-23(18-9-5-11-20(35-2)27(18)36-3)30(28(33)25(22)32)15-16-7-6-12-29-14-16/h4-14,23,32H,15H2,1-3H3. The lowest BCUT2D eigenvalue weighted by molar-refractivity contribution is -0.378. The molecule has 2 aromatic heterocycles. The Morgan fingerprint density at radius 1 is 1.03 bits per heavy atom. The first-order valence-corrected chi connectivity index (χ1v) is 11.5. The number of ether oxygens (including phenoxy) is 3. The van der Waals surface area contributed by atoms with Crippen LogP contribution in [0.5, 0.6) is 17.2 Å². The van der Waals surface area contributed by atoms with Crippen molar-refractivity contribution in [3.63, 3.8) is 0 Å². The third-order valence-electron chi connectivity index (χ3n) is 6.33. The summed E-state index contributed by atoms with van der Waals surface area (Å²) < 4.78 is 22.2. The molecule has 0 bridgehead atoms. The van der Waals surface area contributed by atoms with E-state index in [1.54, 1.807) is 60.9 Å². The Morgan fingerprint density at radius 3 is 2.49 bits per heavy atom. The fraction of sp³-hybridized carbons (Fsp3) is 0.179. The smallest absolute Gasteiger partial charge is 0.240 e. The highest BCUT2D eigenvalue weighted by Crippen LogP contribution is 2.45. The minimum atomic E-state index is -1.03. The van der Waals surface area contributed by atoms with Gasteiger partial charge in [0.05, 0.1) is 33.9 Å². The Hall–Kier alpha value is -4.79. The zero-order valence-electron chi connectivity index (χ0n) is 20.4. The van der Waals surface area contributed by atoms with Gasteiger partial charge in [0.25, 0.3) is 0 Å². The number of amides is 1. The summed E-state index contributed by atoms with van der Waals surface area (Å²) in [6.45, 7) is 0.0810. The van der Waals surface area contributed by atoms with Crippen LogP contribution >= 0.6 is 0 Å². The van der Waals surface area contributed by atoms with E-state index in [-0.39, 0.29) is 17.9 Å². The van der Waals surface area contributed by atoms with Crippen molar-refractivity contribution in [2.24, 2.45) is 0 Å². The summed E-state index contributed by atoms with van der Waals surface area (Å²) in [5, 5.41) is 14.0. The number of hydrogen-bond acceptors (Lipinski definition) is 7. The third kappa shape index (κ3) is 4.04. The molecule has 5 rings (SSSR count). The number of pyridine rings is 1. The lowest BCUT2D eigenvalue weighted by Gasteiger charge is -2.28. The molecule has 3 heterocycles. The second-order valence-corrected chi connectivity index (χ2v) is 8.39. The molecule has 0 radical (unpaired) electrons. The van der Waals surface area contributed by atoms with E-state index < -0.39 is 23.5 Å². The molecule has 0 aliphatic carbocycles. The van der Waals surface area contributed by atoms with E-state index in [1.165, 1.54) is 26.2 Å². The molecule has 188 valence electrons. The first kappa shape index (κ1) is 23.9. The minimum absolute atomic E-state index is 0.0718. The largest absolute Gasteiger partial charge is 0.868 e. The Bertz CT molecular complexity index is 1520. The molecule has 1 amide bonds. The number of Topliss-reactive ketones (excluding diaryl/α,β-unsaturated/α-hetero) is 1. The highest BCUT2D eigenvalue weighted by atomic mass is 16.5. The highest BCUT2D eigenvalue weighted by molar-refractivity contribution is 6.16. The number of para-hydroxylation sites is 2. The van der Waals surface area contributed by atoms with Crippen molar-refractivity contribution in [1.82, 2.24) is 4.90 Å². The number of hydrogen-bond donors (Lipinski definition) is 0. The van der Waals surface area contributed by atoms with Crippen LogP contribution in [0.25, 0.3) is 11.0 Å². The number of nitrogens with one attached hydrogen (secondary N) is 1. The average molecular weight is 501 g/mol. The van der Waals surface area contributed by atoms with Crippen LogP contribution in [0.15, 0.2) is 82.7 Å². The number of H-pyrrole nitrogens is 1. The van der Waals surface area contributed by atoms with Crippen LogP contribution in [0.4, 0.5) is 0 Å².